The summed E-state index contributed by atoms with van der Waals surface area (Å²) in [5.74, 6) is -2.74. The molecular formula is C38H58N4O11. The molecule has 2 fully saturated rings. The number of Topliss-reactive ketones (excluding diaryl/α,β-unsaturated/α-hetero) is 1. The van der Waals surface area contributed by atoms with Crippen LogP contribution in [-0.2, 0) is 39.8 Å². The zero-order chi connectivity index (χ0) is 39.6. The molecule has 0 saturated carbocycles. The van der Waals surface area contributed by atoms with Gasteiger partial charge in [0.05, 0.1) is 22.7 Å². The first-order valence-corrected chi connectivity index (χ1v) is 18.4. The number of methoxy groups -OCH3 is 1. The van der Waals surface area contributed by atoms with Gasteiger partial charge in [0.15, 0.2) is 11.9 Å². The van der Waals surface area contributed by atoms with Gasteiger partial charge in [-0.1, -0.05) is 45.9 Å². The van der Waals surface area contributed by atoms with Gasteiger partial charge in [0.2, 0.25) is 0 Å². The van der Waals surface area contributed by atoms with Gasteiger partial charge in [-0.2, -0.15) is 0 Å². The SMILES string of the molecule is CC[C@H]1OC(=O)/C(C)=C/[C@H](C)[C@@H](O[C@@H]2O[C@H](C)C[C@H](N(C)C)[C@H]2O)[C@@](C)(OC)C[C@@H](C)C(=O)[C@H](C)[C@H]2N(NCc3ccc([N+](=O)[O-])cc3)C(=O)O[C@]12C. The number of nitrogens with zero attached hydrogens (tertiary/aromatic N) is 3. The first-order chi connectivity index (χ1) is 24.8. The van der Waals surface area contributed by atoms with Gasteiger partial charge in [0.1, 0.15) is 24.0 Å². The van der Waals surface area contributed by atoms with E-state index >= 15 is 0 Å². The number of likely N-dealkylation sites (N-methyl/N-ethyl adjacent to an activating group) is 1. The highest BCUT2D eigenvalue weighted by atomic mass is 16.7. The normalized spacial score (nSPS) is 38.4. The number of non-ortho nitro benzene ring substituents is 1. The van der Waals surface area contributed by atoms with Gasteiger partial charge in [0, 0.05) is 55.2 Å². The van der Waals surface area contributed by atoms with Crippen molar-refractivity contribution in [1.29, 1.82) is 0 Å². The maximum Gasteiger partial charge on any atom is 0.425 e. The van der Waals surface area contributed by atoms with Gasteiger partial charge in [-0.05, 0) is 66.6 Å². The van der Waals surface area contributed by atoms with E-state index in [1.165, 1.54) is 24.3 Å². The molecule has 1 aromatic rings. The third kappa shape index (κ3) is 8.92. The monoisotopic (exact) mass is 746 g/mol. The van der Waals surface area contributed by atoms with Gasteiger partial charge >= 0.3 is 12.1 Å². The number of ketones is 1. The van der Waals surface area contributed by atoms with E-state index in [2.05, 4.69) is 5.43 Å². The Morgan fingerprint density at radius 1 is 1.11 bits per heavy atom. The van der Waals surface area contributed by atoms with E-state index < -0.39 is 76.6 Å². The number of cyclic esters (lactones) is 1. The number of amides is 1. The van der Waals surface area contributed by atoms with E-state index in [1.807, 2.05) is 53.6 Å². The van der Waals surface area contributed by atoms with E-state index in [0.717, 1.165) is 0 Å². The molecule has 1 aromatic carbocycles. The van der Waals surface area contributed by atoms with Crippen molar-refractivity contribution < 1.29 is 48.1 Å². The van der Waals surface area contributed by atoms with Crippen molar-refractivity contribution in [2.24, 2.45) is 17.8 Å². The highest BCUT2D eigenvalue weighted by Crippen LogP contribution is 2.42. The standard InChI is InChI=1S/C38H58N4O11/c1-12-29-38(8)32(41(36(46)53-38)39-20-26-13-15-27(16-14-26)42(47)48)25(6)30(43)23(4)19-37(7,49-11)33(21(2)17-22(3)34(45)51-29)52-35-31(44)28(40(9)10)18-24(5)50-35/h13-17,21,23-25,28-29,31-33,35,39,44H,12,18-20H2,1-11H3/b22-17+/t21-,23+,24+,25-,28-,29+,31+,32+,33+,35-,37-,38+/m0/s1. The maximum absolute atomic E-state index is 14.6. The maximum atomic E-state index is 14.6. The summed E-state index contributed by atoms with van der Waals surface area (Å²) < 4.78 is 31.2. The highest BCUT2D eigenvalue weighted by molar-refractivity contribution is 5.88. The van der Waals surface area contributed by atoms with Crippen molar-refractivity contribution in [3.8, 4) is 0 Å². The number of fused-ring (bicyclic) bond motifs is 1. The van der Waals surface area contributed by atoms with Crippen molar-refractivity contribution in [2.75, 3.05) is 21.2 Å². The fraction of sp³-hybridized carbons (Fsp3) is 0.711. The first kappa shape index (κ1) is 42.3. The average Bonchev–Trinajstić information content (AvgIpc) is 3.37. The lowest BCUT2D eigenvalue weighted by atomic mass is 9.74. The van der Waals surface area contributed by atoms with Crippen LogP contribution in [0.2, 0.25) is 0 Å². The number of nitro groups is 1. The summed E-state index contributed by atoms with van der Waals surface area (Å²) in [4.78, 5) is 54.6. The molecule has 0 spiro atoms. The number of hydrogen-bond donors (Lipinski definition) is 2. The number of aliphatic hydroxyl groups excluding tert-OH is 1. The van der Waals surface area contributed by atoms with E-state index in [1.54, 1.807) is 39.0 Å². The number of nitrogens with one attached hydrogen (secondary N) is 1. The van der Waals surface area contributed by atoms with Crippen molar-refractivity contribution in [3.63, 3.8) is 0 Å². The van der Waals surface area contributed by atoms with Crippen LogP contribution >= 0.6 is 0 Å². The van der Waals surface area contributed by atoms with Crippen molar-refractivity contribution in [2.45, 2.75) is 135 Å². The first-order valence-electron chi connectivity index (χ1n) is 18.4. The molecule has 4 rings (SSSR count). The summed E-state index contributed by atoms with van der Waals surface area (Å²) in [6.07, 6.45) is -1.87. The van der Waals surface area contributed by atoms with Gasteiger partial charge in [-0.25, -0.2) is 20.0 Å². The van der Waals surface area contributed by atoms with Crippen LogP contribution in [0.15, 0.2) is 35.9 Å². The predicted octanol–water partition coefficient (Wildman–Crippen LogP) is 4.54. The van der Waals surface area contributed by atoms with E-state index in [9.17, 15) is 29.6 Å². The number of rotatable bonds is 9. The fourth-order valence-corrected chi connectivity index (χ4v) is 8.35. The molecule has 3 aliphatic rings. The zero-order valence-corrected chi connectivity index (χ0v) is 32.9. The molecular weight excluding hydrogens is 688 g/mol. The lowest BCUT2D eigenvalue weighted by Crippen LogP contribution is -2.60. The zero-order valence-electron chi connectivity index (χ0n) is 32.9. The Morgan fingerprint density at radius 2 is 1.75 bits per heavy atom. The Labute approximate surface area is 312 Å². The third-order valence-electron chi connectivity index (χ3n) is 11.3. The largest absolute Gasteiger partial charge is 0.455 e. The number of carbonyl (C=O) groups excluding carboxylic acids is 3. The van der Waals surface area contributed by atoms with Crippen molar-refractivity contribution in [3.05, 3.63) is 51.6 Å². The molecule has 0 aromatic heterocycles. The van der Waals surface area contributed by atoms with Crippen molar-refractivity contribution in [1.82, 2.24) is 15.3 Å². The van der Waals surface area contributed by atoms with Crippen LogP contribution in [0.1, 0.15) is 80.2 Å². The Kier molecular flexibility index (Phi) is 13.5. The van der Waals surface area contributed by atoms with Crippen molar-refractivity contribution >= 4 is 23.5 Å². The highest BCUT2D eigenvalue weighted by Gasteiger charge is 2.60. The second-order valence-electron chi connectivity index (χ2n) is 15.6. The quantitative estimate of drug-likeness (QED) is 0.205. The number of nitro benzene ring substituents is 1. The molecule has 12 atom stereocenters. The summed E-state index contributed by atoms with van der Waals surface area (Å²) in [7, 11) is 5.32. The summed E-state index contributed by atoms with van der Waals surface area (Å²) >= 11 is 0. The van der Waals surface area contributed by atoms with Gasteiger partial charge < -0.3 is 33.7 Å². The molecule has 15 heteroatoms. The van der Waals surface area contributed by atoms with Crippen LogP contribution in [-0.4, -0.2) is 113 Å². The smallest absolute Gasteiger partial charge is 0.425 e. The van der Waals surface area contributed by atoms with Gasteiger partial charge in [0.25, 0.3) is 5.69 Å². The molecule has 0 bridgehead atoms. The number of esters is 1. The molecule has 2 N–H and O–H groups in total. The Hall–Kier alpha value is -3.47. The molecule has 3 aliphatic heterocycles. The minimum absolute atomic E-state index is 0.0713. The van der Waals surface area contributed by atoms with E-state index in [4.69, 9.17) is 23.7 Å². The fourth-order valence-electron chi connectivity index (χ4n) is 8.35. The molecule has 3 heterocycles. The molecule has 0 unspecified atom stereocenters. The Bertz CT molecular complexity index is 1520. The molecule has 1 amide bonds. The number of hydrogen-bond acceptors (Lipinski definition) is 13. The van der Waals surface area contributed by atoms with Crippen LogP contribution in [0, 0.1) is 27.9 Å². The van der Waals surface area contributed by atoms with Gasteiger partial charge in [-0.3, -0.25) is 14.9 Å². The van der Waals surface area contributed by atoms with Crippen LogP contribution in [0.4, 0.5) is 10.5 Å². The Morgan fingerprint density at radius 3 is 2.32 bits per heavy atom. The van der Waals surface area contributed by atoms with Crippen LogP contribution in [0.3, 0.4) is 0 Å². The number of hydrazine groups is 1. The molecule has 0 radical (unpaired) electrons. The molecule has 15 nitrogen and oxygen atoms in total. The average molecular weight is 747 g/mol. The van der Waals surface area contributed by atoms with E-state index in [-0.39, 0.29) is 43.0 Å². The number of ether oxygens (including phenoxy) is 5. The summed E-state index contributed by atoms with van der Waals surface area (Å²) in [5, 5.41) is 23.8. The molecule has 53 heavy (non-hydrogen) atoms. The van der Waals surface area contributed by atoms with E-state index in [0.29, 0.717) is 17.6 Å². The molecule has 0 aliphatic carbocycles. The molecule has 296 valence electrons. The topological polar surface area (TPSA) is 179 Å². The van der Waals surface area contributed by atoms with Crippen LogP contribution in [0.25, 0.3) is 0 Å². The van der Waals surface area contributed by atoms with Gasteiger partial charge in [-0.15, -0.1) is 0 Å². The Balaban J connectivity index is 1.75. The lowest BCUT2D eigenvalue weighted by molar-refractivity contribution is -0.384. The summed E-state index contributed by atoms with van der Waals surface area (Å²) in [6, 6.07) is 4.73. The predicted molar refractivity (Wildman–Crippen MR) is 194 cm³/mol. The summed E-state index contributed by atoms with van der Waals surface area (Å²) in [6.45, 7) is 14.4. The summed E-state index contributed by atoms with van der Waals surface area (Å²) in [5.41, 5.74) is 1.39. The minimum atomic E-state index is -1.45. The van der Waals surface area contributed by atoms with Crippen LogP contribution in [0.5, 0.6) is 0 Å². The third-order valence-corrected chi connectivity index (χ3v) is 11.3. The number of carbonyl (C=O) groups is 3. The second kappa shape index (κ2) is 16.9. The minimum Gasteiger partial charge on any atom is -0.455 e. The second-order valence-corrected chi connectivity index (χ2v) is 15.6. The lowest BCUT2D eigenvalue weighted by Gasteiger charge is -2.46. The molecule has 2 saturated heterocycles. The number of benzene rings is 1. The number of aliphatic hydroxyl groups is 1. The van der Waals surface area contributed by atoms with Crippen LogP contribution < -0.4 is 5.43 Å².